The zero-order valence-corrected chi connectivity index (χ0v) is 22.4. The molecule has 5 rings (SSSR count). The zero-order chi connectivity index (χ0) is 29.3. The number of rotatable bonds is 6. The molecule has 40 heavy (non-hydrogen) atoms. The Bertz CT molecular complexity index is 1860. The smallest absolute Gasteiger partial charge is 0.393 e. The molecule has 3 aromatic rings. The fourth-order valence-corrected chi connectivity index (χ4v) is 6.47. The SMILES string of the molecule is CC1=CC(C)=[N+]2C1=C(c1ccc(OS(=O)(=O)c3ccc([N+](=O)[O-])cc3[N+](=O)[O-])cc1)c1c(C)cc(C)n1[B-]2(F)F. The number of hydrogen-bond acceptors (Lipinski definition) is 7. The normalized spacial score (nSPS) is 16.0. The summed E-state index contributed by atoms with van der Waals surface area (Å²) >= 11 is 0. The van der Waals surface area contributed by atoms with Gasteiger partial charge in [-0.3, -0.25) is 20.2 Å². The molecule has 15 heteroatoms. The van der Waals surface area contributed by atoms with Crippen molar-refractivity contribution in [1.82, 2.24) is 4.48 Å². The number of nitro benzene ring substituents is 2. The van der Waals surface area contributed by atoms with Gasteiger partial charge in [0.25, 0.3) is 11.4 Å². The van der Waals surface area contributed by atoms with Gasteiger partial charge in [-0.2, -0.15) is 8.42 Å². The van der Waals surface area contributed by atoms with E-state index in [1.165, 1.54) is 24.3 Å². The molecule has 0 radical (unpaired) electrons. The maximum Gasteiger partial charge on any atom is 0.737 e. The van der Waals surface area contributed by atoms with Gasteiger partial charge in [0.2, 0.25) is 0 Å². The monoisotopic (exact) mass is 570 g/mol. The van der Waals surface area contributed by atoms with Crippen LogP contribution in [-0.2, 0) is 10.1 Å². The van der Waals surface area contributed by atoms with Gasteiger partial charge in [0.05, 0.1) is 21.5 Å². The average Bonchev–Trinajstić information content (AvgIpc) is 3.34. The number of allylic oxidation sites excluding steroid dienone is 2. The van der Waals surface area contributed by atoms with E-state index in [1.807, 2.05) is 0 Å². The molecule has 2 aliphatic heterocycles. The van der Waals surface area contributed by atoms with E-state index < -0.39 is 43.2 Å². The highest BCUT2D eigenvalue weighted by molar-refractivity contribution is 7.87. The third kappa shape index (κ3) is 4.00. The third-order valence-corrected chi connectivity index (χ3v) is 8.20. The van der Waals surface area contributed by atoms with Crippen LogP contribution in [0.1, 0.15) is 36.4 Å². The zero-order valence-electron chi connectivity index (χ0n) is 21.6. The first-order valence-corrected chi connectivity index (χ1v) is 13.3. The van der Waals surface area contributed by atoms with Crippen LogP contribution in [0.5, 0.6) is 5.75 Å². The second-order valence-corrected chi connectivity index (χ2v) is 11.1. The van der Waals surface area contributed by atoms with E-state index in [1.54, 1.807) is 39.8 Å². The fourth-order valence-electron chi connectivity index (χ4n) is 5.39. The molecule has 0 unspecified atom stereocenters. The van der Waals surface area contributed by atoms with Gasteiger partial charge >= 0.3 is 17.1 Å². The lowest BCUT2D eigenvalue weighted by molar-refractivity contribution is -0.396. The number of nitrogens with zero attached hydrogens (tertiary/aromatic N) is 4. The van der Waals surface area contributed by atoms with Gasteiger partial charge in [-0.1, -0.05) is 12.1 Å². The molecule has 0 amide bonds. The quantitative estimate of drug-likeness (QED) is 0.174. The Balaban J connectivity index is 1.58. The Hall–Kier alpha value is -4.66. The molecule has 0 bridgehead atoms. The van der Waals surface area contributed by atoms with Crippen molar-refractivity contribution < 1.29 is 35.6 Å². The van der Waals surface area contributed by atoms with Gasteiger partial charge in [-0.05, 0) is 61.9 Å². The van der Waals surface area contributed by atoms with Crippen molar-refractivity contribution in [3.8, 4) is 5.75 Å². The highest BCUT2D eigenvalue weighted by atomic mass is 32.2. The number of fused-ring (bicyclic) bond motifs is 2. The summed E-state index contributed by atoms with van der Waals surface area (Å²) < 4.78 is 64.6. The van der Waals surface area contributed by atoms with E-state index in [0.717, 1.165) is 21.1 Å². The van der Waals surface area contributed by atoms with E-state index in [9.17, 15) is 28.6 Å². The molecule has 0 saturated heterocycles. The minimum atomic E-state index is -4.76. The van der Waals surface area contributed by atoms with Crippen LogP contribution in [0, 0.1) is 34.1 Å². The molecule has 2 aromatic carbocycles. The highest BCUT2D eigenvalue weighted by Crippen LogP contribution is 2.44. The van der Waals surface area contributed by atoms with Crippen LogP contribution < -0.4 is 4.18 Å². The topological polar surface area (TPSA) is 138 Å². The number of benzene rings is 2. The summed E-state index contributed by atoms with van der Waals surface area (Å²) in [5.41, 5.74) is 2.15. The van der Waals surface area contributed by atoms with Crippen LogP contribution in [0.3, 0.4) is 0 Å². The number of aryl methyl sites for hydroxylation is 2. The fraction of sp³-hybridized carbons (Fsp3) is 0.160. The predicted molar refractivity (Wildman–Crippen MR) is 142 cm³/mol. The van der Waals surface area contributed by atoms with E-state index in [0.29, 0.717) is 51.1 Å². The molecule has 1 aromatic heterocycles. The van der Waals surface area contributed by atoms with Crippen molar-refractivity contribution in [2.75, 3.05) is 0 Å². The summed E-state index contributed by atoms with van der Waals surface area (Å²) in [6, 6.07) is 9.41. The highest BCUT2D eigenvalue weighted by Gasteiger charge is 2.55. The van der Waals surface area contributed by atoms with Crippen LogP contribution in [0.25, 0.3) is 5.57 Å². The predicted octanol–water partition coefficient (Wildman–Crippen LogP) is 5.12. The molecule has 3 heterocycles. The third-order valence-electron chi connectivity index (χ3n) is 6.90. The summed E-state index contributed by atoms with van der Waals surface area (Å²) in [6.45, 7) is 2.54. The van der Waals surface area contributed by atoms with Gasteiger partial charge in [0.1, 0.15) is 11.5 Å². The van der Waals surface area contributed by atoms with Crippen molar-refractivity contribution in [1.29, 1.82) is 0 Å². The Morgan fingerprint density at radius 3 is 2.20 bits per heavy atom. The Morgan fingerprint density at radius 2 is 1.60 bits per heavy atom. The Labute approximate surface area is 226 Å². The van der Waals surface area contributed by atoms with Crippen LogP contribution in [0.15, 0.2) is 70.8 Å². The van der Waals surface area contributed by atoms with E-state index >= 15 is 8.63 Å². The minimum Gasteiger partial charge on any atom is -0.393 e. The van der Waals surface area contributed by atoms with Gasteiger partial charge in [0, 0.05) is 30.3 Å². The molecule has 0 fully saturated rings. The first-order valence-electron chi connectivity index (χ1n) is 11.9. The molecule has 0 spiro atoms. The summed E-state index contributed by atoms with van der Waals surface area (Å²) in [6.07, 6.45) is 1.68. The molecule has 206 valence electrons. The van der Waals surface area contributed by atoms with E-state index in [2.05, 4.69) is 0 Å². The van der Waals surface area contributed by atoms with Crippen LogP contribution in [0.4, 0.5) is 20.0 Å². The summed E-state index contributed by atoms with van der Waals surface area (Å²) in [5, 5.41) is 22.4. The largest absolute Gasteiger partial charge is 0.737 e. The second kappa shape index (κ2) is 8.94. The number of halogens is 2. The van der Waals surface area contributed by atoms with Crippen LogP contribution in [-0.4, -0.2) is 39.9 Å². The Kier molecular flexibility index (Phi) is 6.02. The van der Waals surface area contributed by atoms with Crippen molar-refractivity contribution >= 4 is 39.7 Å². The van der Waals surface area contributed by atoms with E-state index in [4.69, 9.17) is 4.18 Å². The molecular weight excluding hydrogens is 549 g/mol. The maximum atomic E-state index is 15.8. The van der Waals surface area contributed by atoms with Crippen LogP contribution >= 0.6 is 0 Å². The number of non-ortho nitro benzene ring substituents is 1. The van der Waals surface area contributed by atoms with Crippen molar-refractivity contribution in [2.24, 2.45) is 0 Å². The summed E-state index contributed by atoms with van der Waals surface area (Å²) in [7, 11) is -4.76. The van der Waals surface area contributed by atoms with Crippen LogP contribution in [0.2, 0.25) is 0 Å². The maximum absolute atomic E-state index is 15.8. The van der Waals surface area contributed by atoms with Crippen molar-refractivity contribution in [3.63, 3.8) is 0 Å². The van der Waals surface area contributed by atoms with Gasteiger partial charge in [-0.25, -0.2) is 0 Å². The molecule has 11 nitrogen and oxygen atoms in total. The first-order chi connectivity index (χ1) is 18.6. The Morgan fingerprint density at radius 1 is 0.950 bits per heavy atom. The number of aromatic nitrogens is 1. The van der Waals surface area contributed by atoms with Gasteiger partial charge in [-0.15, -0.1) is 0 Å². The van der Waals surface area contributed by atoms with Crippen molar-refractivity contribution in [2.45, 2.75) is 32.6 Å². The lowest BCUT2D eigenvalue weighted by Crippen LogP contribution is -2.51. The molecule has 0 saturated carbocycles. The standard InChI is InChI=1S/C25H21BF2N4O7S/c1-14-11-16(3)29-24(14)23(25-15(2)12-17(4)30(25)26(29,27)28)18-5-8-20(9-6-18)39-40(37,38)22-10-7-19(31(33)34)13-21(22)32(35)36/h5-13H,1-4H3. The molecule has 0 aliphatic carbocycles. The van der Waals surface area contributed by atoms with Gasteiger partial charge in [0.15, 0.2) is 10.6 Å². The minimum absolute atomic E-state index is 0.200. The van der Waals surface area contributed by atoms with Gasteiger partial charge < -0.3 is 21.8 Å². The lowest BCUT2D eigenvalue weighted by atomic mass is 9.84. The average molecular weight is 570 g/mol. The second-order valence-electron chi connectivity index (χ2n) is 9.57. The number of hydrogen-bond donors (Lipinski definition) is 0. The molecule has 2 aliphatic rings. The summed E-state index contributed by atoms with van der Waals surface area (Å²) in [4.78, 5) is 19.6. The number of nitro groups is 2. The first kappa shape index (κ1) is 26.9. The van der Waals surface area contributed by atoms with E-state index in [-0.39, 0.29) is 5.75 Å². The molecule has 0 atom stereocenters. The lowest BCUT2D eigenvalue weighted by Gasteiger charge is -2.34. The molecular formula is C25H21BF2N4O7S. The molecule has 0 N–H and O–H groups in total. The van der Waals surface area contributed by atoms with Crippen molar-refractivity contribution in [3.05, 3.63) is 109 Å². The summed E-state index contributed by atoms with van der Waals surface area (Å²) in [5.74, 6) is -0.200.